The summed E-state index contributed by atoms with van der Waals surface area (Å²) in [7, 11) is 1.58. The molecule has 1 amide bonds. The maximum atomic E-state index is 12.9. The fourth-order valence-electron chi connectivity index (χ4n) is 3.28. The predicted molar refractivity (Wildman–Crippen MR) is 123 cm³/mol. The second-order valence-electron chi connectivity index (χ2n) is 7.11. The highest BCUT2D eigenvalue weighted by Gasteiger charge is 2.15. The summed E-state index contributed by atoms with van der Waals surface area (Å²) < 4.78 is 10.8. The monoisotopic (exact) mass is 431 g/mol. The molecule has 4 rings (SSSR count). The maximum absolute atomic E-state index is 12.9. The molecule has 0 radical (unpaired) electrons. The molecule has 8 heteroatoms. The first-order chi connectivity index (χ1) is 15.7. The zero-order chi connectivity index (χ0) is 22.2. The molecule has 0 atom stereocenters. The Labute approximate surface area is 186 Å². The minimum absolute atomic E-state index is 0.284. The smallest absolute Gasteiger partial charge is 0.258 e. The van der Waals surface area contributed by atoms with Crippen LogP contribution in [0.25, 0.3) is 11.1 Å². The van der Waals surface area contributed by atoms with Crippen molar-refractivity contribution in [1.29, 1.82) is 0 Å². The molecular weight excluding hydrogens is 406 g/mol. The minimum Gasteiger partial charge on any atom is -0.495 e. The van der Waals surface area contributed by atoms with E-state index < -0.39 is 0 Å². The van der Waals surface area contributed by atoms with Crippen molar-refractivity contribution in [3.8, 4) is 16.9 Å². The average Bonchev–Trinajstić information content (AvgIpc) is 2.96. The number of H-pyrrole nitrogens is 1. The highest BCUT2D eigenvalue weighted by molar-refractivity contribution is 6.03. The van der Waals surface area contributed by atoms with E-state index in [1.165, 1.54) is 0 Å². The lowest BCUT2D eigenvalue weighted by molar-refractivity contribution is 0.102. The van der Waals surface area contributed by atoms with Crippen molar-refractivity contribution in [2.45, 2.75) is 0 Å². The van der Waals surface area contributed by atoms with E-state index in [2.05, 4.69) is 25.2 Å². The highest BCUT2D eigenvalue weighted by atomic mass is 16.5. The van der Waals surface area contributed by atoms with Crippen LogP contribution in [0, 0.1) is 0 Å². The van der Waals surface area contributed by atoms with E-state index in [9.17, 15) is 4.79 Å². The van der Waals surface area contributed by atoms with E-state index in [1.807, 2.05) is 42.5 Å². The predicted octanol–water partition coefficient (Wildman–Crippen LogP) is 3.69. The highest BCUT2D eigenvalue weighted by Crippen LogP contribution is 2.19. The first-order valence-electron chi connectivity index (χ1n) is 10.4. The second kappa shape index (κ2) is 10.4. The summed E-state index contributed by atoms with van der Waals surface area (Å²) in [5.74, 6) is 1.34. The van der Waals surface area contributed by atoms with Gasteiger partial charge in [-0.3, -0.25) is 10.1 Å². The minimum atomic E-state index is -0.289. The number of nitrogens with one attached hydrogen (secondary N) is 2. The van der Waals surface area contributed by atoms with E-state index in [1.54, 1.807) is 37.8 Å². The van der Waals surface area contributed by atoms with Crippen LogP contribution in [0.1, 0.15) is 10.4 Å². The van der Waals surface area contributed by atoms with E-state index in [-0.39, 0.29) is 11.9 Å². The normalized spacial score (nSPS) is 13.2. The standard InChI is InChI=1S/C24H25N5O3/c1-31-21-8-7-20(18-5-3-2-4-6-18)16-26-24(27-17-21)28-23(30)19-9-10-25-22(15-19)29-11-13-32-14-12-29/h2-10,15-17H,11-14H2,1H3,(H2,26,27,28,30). The summed E-state index contributed by atoms with van der Waals surface area (Å²) in [4.78, 5) is 26.9. The fraction of sp³-hybridized carbons (Fsp3) is 0.208. The number of carbonyl (C=O) groups is 1. The number of carbonyl (C=O) groups excluding carboxylic acids is 1. The molecule has 164 valence electrons. The number of aromatic nitrogens is 3. The van der Waals surface area contributed by atoms with Crippen molar-refractivity contribution in [1.82, 2.24) is 15.0 Å². The van der Waals surface area contributed by atoms with Gasteiger partial charge in [0.1, 0.15) is 11.6 Å². The molecule has 2 aromatic heterocycles. The van der Waals surface area contributed by atoms with Crippen LogP contribution < -0.4 is 15.0 Å². The quantitative estimate of drug-likeness (QED) is 0.640. The molecule has 2 N–H and O–H groups in total. The van der Waals surface area contributed by atoms with Gasteiger partial charge in [0.25, 0.3) is 5.91 Å². The second-order valence-corrected chi connectivity index (χ2v) is 7.11. The van der Waals surface area contributed by atoms with Crippen LogP contribution in [0.15, 0.2) is 73.2 Å². The molecular formula is C24H25N5O3. The van der Waals surface area contributed by atoms with E-state index in [0.29, 0.717) is 24.5 Å². The van der Waals surface area contributed by atoms with Crippen LogP contribution in [0.4, 0.5) is 11.8 Å². The Balaban J connectivity index is 1.61. The third-order valence-corrected chi connectivity index (χ3v) is 5.03. The van der Waals surface area contributed by atoms with Crippen molar-refractivity contribution < 1.29 is 14.3 Å². The molecule has 0 spiro atoms. The number of hydrogen-bond donors (Lipinski definition) is 2. The SMILES string of the molecule is COc1ccc(-c2ccccc2)cnc(NC(=O)c2ccnc(N3CCOCC3)c2)[nH]c1. The number of methoxy groups -OCH3 is 1. The van der Waals surface area contributed by atoms with Gasteiger partial charge in [-0.2, -0.15) is 0 Å². The van der Waals surface area contributed by atoms with E-state index in [0.717, 1.165) is 30.0 Å². The topological polar surface area (TPSA) is 92.4 Å². The molecule has 1 fully saturated rings. The molecule has 1 aromatic carbocycles. The van der Waals surface area contributed by atoms with Gasteiger partial charge in [0.2, 0.25) is 5.95 Å². The molecule has 1 aliphatic heterocycles. The third kappa shape index (κ3) is 5.41. The van der Waals surface area contributed by atoms with Gasteiger partial charge in [-0.15, -0.1) is 0 Å². The average molecular weight is 431 g/mol. The molecule has 0 unspecified atom stereocenters. The number of benzene rings is 1. The van der Waals surface area contributed by atoms with Crippen molar-refractivity contribution in [2.75, 3.05) is 43.6 Å². The first kappa shape index (κ1) is 21.3. The van der Waals surface area contributed by atoms with Crippen LogP contribution in [-0.4, -0.2) is 54.3 Å². The summed E-state index contributed by atoms with van der Waals surface area (Å²) >= 11 is 0. The number of morpholine rings is 1. The van der Waals surface area contributed by atoms with E-state index in [4.69, 9.17) is 9.47 Å². The van der Waals surface area contributed by atoms with Crippen LogP contribution in [-0.2, 0) is 4.74 Å². The summed E-state index contributed by atoms with van der Waals surface area (Å²) in [5.41, 5.74) is 2.37. The van der Waals surface area contributed by atoms with Crippen molar-refractivity contribution in [2.24, 2.45) is 0 Å². The summed E-state index contributed by atoms with van der Waals surface area (Å²) in [5, 5.41) is 2.83. The molecule has 8 nitrogen and oxygen atoms in total. The Morgan fingerprint density at radius 1 is 1.06 bits per heavy atom. The largest absolute Gasteiger partial charge is 0.495 e. The third-order valence-electron chi connectivity index (χ3n) is 5.03. The van der Waals surface area contributed by atoms with Gasteiger partial charge < -0.3 is 19.4 Å². The lowest BCUT2D eigenvalue weighted by Crippen LogP contribution is -2.36. The zero-order valence-electron chi connectivity index (χ0n) is 17.8. The number of rotatable bonds is 5. The van der Waals surface area contributed by atoms with Crippen LogP contribution in [0.2, 0.25) is 0 Å². The lowest BCUT2D eigenvalue weighted by Gasteiger charge is -2.27. The Morgan fingerprint density at radius 2 is 1.88 bits per heavy atom. The number of pyridine rings is 1. The van der Waals surface area contributed by atoms with Gasteiger partial charge in [0.15, 0.2) is 0 Å². The van der Waals surface area contributed by atoms with Gasteiger partial charge in [-0.05, 0) is 29.8 Å². The Kier molecular flexibility index (Phi) is 6.94. The van der Waals surface area contributed by atoms with Gasteiger partial charge in [0.05, 0.1) is 20.3 Å². The number of anilines is 2. The molecule has 1 aliphatic rings. The molecule has 1 saturated heterocycles. The van der Waals surface area contributed by atoms with Gasteiger partial charge >= 0.3 is 0 Å². The number of aromatic amines is 1. The lowest BCUT2D eigenvalue weighted by atomic mass is 10.1. The Hall–Kier alpha value is -3.91. The summed E-state index contributed by atoms with van der Waals surface area (Å²) in [6, 6.07) is 17.1. The van der Waals surface area contributed by atoms with E-state index >= 15 is 0 Å². The number of hydrogen-bond acceptors (Lipinski definition) is 6. The number of nitrogens with zero attached hydrogens (tertiary/aromatic N) is 3. The van der Waals surface area contributed by atoms with Crippen molar-refractivity contribution in [3.05, 3.63) is 78.8 Å². The number of ether oxygens (including phenoxy) is 2. The molecule has 3 heterocycles. The Morgan fingerprint density at radius 3 is 2.66 bits per heavy atom. The van der Waals surface area contributed by atoms with Gasteiger partial charge in [-0.1, -0.05) is 30.3 Å². The molecule has 3 aromatic rings. The van der Waals surface area contributed by atoms with Crippen molar-refractivity contribution in [3.63, 3.8) is 0 Å². The van der Waals surface area contributed by atoms with Crippen molar-refractivity contribution >= 4 is 17.7 Å². The molecule has 0 saturated carbocycles. The fourth-order valence-corrected chi connectivity index (χ4v) is 3.28. The van der Waals surface area contributed by atoms with Gasteiger partial charge in [0, 0.05) is 42.8 Å². The Bertz CT molecular complexity index is 1110. The molecule has 0 bridgehead atoms. The molecule has 32 heavy (non-hydrogen) atoms. The van der Waals surface area contributed by atoms with Crippen LogP contribution in [0.5, 0.6) is 5.75 Å². The van der Waals surface area contributed by atoms with Gasteiger partial charge in [-0.25, -0.2) is 9.97 Å². The van der Waals surface area contributed by atoms with Crippen LogP contribution >= 0.6 is 0 Å². The zero-order valence-corrected chi connectivity index (χ0v) is 17.8. The van der Waals surface area contributed by atoms with Crippen LogP contribution in [0.3, 0.4) is 0 Å². The maximum Gasteiger partial charge on any atom is 0.258 e. The summed E-state index contributed by atoms with van der Waals surface area (Å²) in [6.07, 6.45) is 4.98. The number of amides is 1. The molecule has 0 aliphatic carbocycles. The first-order valence-corrected chi connectivity index (χ1v) is 10.4. The summed E-state index contributed by atoms with van der Waals surface area (Å²) in [6.45, 7) is 2.79.